The van der Waals surface area contributed by atoms with E-state index in [1.165, 1.54) is 0 Å². The fourth-order valence-corrected chi connectivity index (χ4v) is 1.81. The summed E-state index contributed by atoms with van der Waals surface area (Å²) in [4.78, 5) is 14.1. The van der Waals surface area contributed by atoms with Crippen molar-refractivity contribution in [3.8, 4) is 5.75 Å². The van der Waals surface area contributed by atoms with Crippen LogP contribution in [-0.4, -0.2) is 14.5 Å². The summed E-state index contributed by atoms with van der Waals surface area (Å²) in [6, 6.07) is 6.84. The molecule has 0 amide bonds. The van der Waals surface area contributed by atoms with Crippen LogP contribution in [0.2, 0.25) is 0 Å². The van der Waals surface area contributed by atoms with Crippen molar-refractivity contribution in [3.05, 3.63) is 47.0 Å². The molecule has 0 aliphatic rings. The smallest absolute Gasteiger partial charge is 0.272 e. The van der Waals surface area contributed by atoms with E-state index in [1.54, 1.807) is 41.1 Å². The number of aromatic hydroxyl groups is 1. The number of hydrogen-bond donors (Lipinski definition) is 2. The molecule has 74 valence electrons. The molecule has 15 heavy (non-hydrogen) atoms. The number of aromatic amines is 1. The average Bonchev–Trinajstić information content (AvgIpc) is 2.58. The second kappa shape index (κ2) is 2.63. The molecular weight excluding hydrogens is 192 g/mol. The minimum atomic E-state index is -0.131. The molecular formula is C11H8N2O2. The minimum absolute atomic E-state index is 0.131. The lowest BCUT2D eigenvalue weighted by atomic mass is 10.2. The molecule has 0 atom stereocenters. The van der Waals surface area contributed by atoms with Gasteiger partial charge < -0.3 is 14.5 Å². The van der Waals surface area contributed by atoms with Crippen LogP contribution >= 0.6 is 0 Å². The first-order valence-corrected chi connectivity index (χ1v) is 4.57. The van der Waals surface area contributed by atoms with E-state index in [0.717, 1.165) is 10.9 Å². The Morgan fingerprint density at radius 2 is 2.07 bits per heavy atom. The van der Waals surface area contributed by atoms with Crippen LogP contribution in [0.5, 0.6) is 5.75 Å². The summed E-state index contributed by atoms with van der Waals surface area (Å²) in [6.07, 6.45) is 3.34. The van der Waals surface area contributed by atoms with Crippen LogP contribution in [-0.2, 0) is 0 Å². The van der Waals surface area contributed by atoms with Crippen LogP contribution in [0.4, 0.5) is 0 Å². The molecule has 0 radical (unpaired) electrons. The van der Waals surface area contributed by atoms with Gasteiger partial charge in [0.15, 0.2) is 0 Å². The summed E-state index contributed by atoms with van der Waals surface area (Å²) in [7, 11) is 0. The highest BCUT2D eigenvalue weighted by atomic mass is 16.3. The Balaban J connectivity index is 2.64. The van der Waals surface area contributed by atoms with Gasteiger partial charge in [0.25, 0.3) is 5.56 Å². The molecule has 4 nitrogen and oxygen atoms in total. The van der Waals surface area contributed by atoms with Crippen LogP contribution in [0.25, 0.3) is 16.4 Å². The fourth-order valence-electron chi connectivity index (χ4n) is 1.81. The first kappa shape index (κ1) is 8.11. The van der Waals surface area contributed by atoms with E-state index < -0.39 is 0 Å². The number of nitrogens with zero attached hydrogens (tertiary/aromatic N) is 1. The minimum Gasteiger partial charge on any atom is -0.508 e. The van der Waals surface area contributed by atoms with Crippen molar-refractivity contribution in [2.75, 3.05) is 0 Å². The van der Waals surface area contributed by atoms with Gasteiger partial charge in [-0.2, -0.15) is 0 Å². The zero-order valence-electron chi connectivity index (χ0n) is 7.77. The maximum Gasteiger partial charge on any atom is 0.272 e. The number of rotatable bonds is 0. The van der Waals surface area contributed by atoms with Crippen LogP contribution in [0, 0.1) is 0 Å². The number of nitrogens with one attached hydrogen (secondary N) is 1. The molecule has 3 rings (SSSR count). The average molecular weight is 200 g/mol. The maximum absolute atomic E-state index is 11.5. The lowest BCUT2D eigenvalue weighted by Crippen LogP contribution is -2.06. The van der Waals surface area contributed by atoms with Gasteiger partial charge in [-0.3, -0.25) is 4.79 Å². The van der Waals surface area contributed by atoms with Gasteiger partial charge in [0.05, 0.1) is 5.52 Å². The SMILES string of the molecule is O=c1[nH]ccn2c1cc1ccc(O)cc12. The van der Waals surface area contributed by atoms with Crippen LogP contribution < -0.4 is 5.56 Å². The van der Waals surface area contributed by atoms with Crippen molar-refractivity contribution in [1.82, 2.24) is 9.38 Å². The number of aromatic nitrogens is 2. The molecule has 0 bridgehead atoms. The summed E-state index contributed by atoms with van der Waals surface area (Å²) in [6.45, 7) is 0. The Bertz CT molecular complexity index is 709. The fraction of sp³-hybridized carbons (Fsp3) is 0. The third kappa shape index (κ3) is 1.05. The summed E-state index contributed by atoms with van der Waals surface area (Å²) in [5.41, 5.74) is 1.28. The molecule has 0 unspecified atom stereocenters. The van der Waals surface area contributed by atoms with Crippen molar-refractivity contribution in [2.45, 2.75) is 0 Å². The third-order valence-corrected chi connectivity index (χ3v) is 2.50. The molecule has 2 heterocycles. The Morgan fingerprint density at radius 1 is 1.20 bits per heavy atom. The molecule has 0 fully saturated rings. The van der Waals surface area contributed by atoms with Crippen LogP contribution in [0.1, 0.15) is 0 Å². The Kier molecular flexibility index (Phi) is 1.42. The molecule has 1 aromatic carbocycles. The summed E-state index contributed by atoms with van der Waals surface area (Å²) in [5, 5.41) is 10.3. The topological polar surface area (TPSA) is 57.5 Å². The number of H-pyrrole nitrogens is 1. The van der Waals surface area contributed by atoms with Crippen molar-refractivity contribution in [3.63, 3.8) is 0 Å². The van der Waals surface area contributed by atoms with Crippen molar-refractivity contribution < 1.29 is 5.11 Å². The first-order valence-electron chi connectivity index (χ1n) is 4.57. The lowest BCUT2D eigenvalue weighted by molar-refractivity contribution is 0.476. The number of phenols is 1. The van der Waals surface area contributed by atoms with E-state index in [2.05, 4.69) is 4.98 Å². The largest absolute Gasteiger partial charge is 0.508 e. The standard InChI is InChI=1S/C11H8N2O2/c14-8-2-1-7-5-10-11(15)12-3-4-13(10)9(7)6-8/h1-6,14H,(H,12,15). The molecule has 0 aliphatic heterocycles. The van der Waals surface area contributed by atoms with Crippen molar-refractivity contribution >= 4 is 16.4 Å². The Labute approximate surface area is 84.4 Å². The van der Waals surface area contributed by atoms with Gasteiger partial charge in [-0.1, -0.05) is 0 Å². The second-order valence-corrected chi connectivity index (χ2v) is 3.43. The van der Waals surface area contributed by atoms with E-state index in [-0.39, 0.29) is 11.3 Å². The number of fused-ring (bicyclic) bond motifs is 3. The Hall–Kier alpha value is -2.23. The van der Waals surface area contributed by atoms with E-state index in [9.17, 15) is 9.90 Å². The van der Waals surface area contributed by atoms with Gasteiger partial charge in [-0.05, 0) is 18.2 Å². The number of benzene rings is 1. The highest BCUT2D eigenvalue weighted by Gasteiger charge is 2.04. The summed E-state index contributed by atoms with van der Waals surface area (Å²) in [5.74, 6) is 0.197. The van der Waals surface area contributed by atoms with E-state index >= 15 is 0 Å². The maximum atomic E-state index is 11.5. The number of phenolic OH excluding ortho intramolecular Hbond substituents is 1. The Morgan fingerprint density at radius 3 is 2.93 bits per heavy atom. The van der Waals surface area contributed by atoms with E-state index in [0.29, 0.717) is 5.52 Å². The van der Waals surface area contributed by atoms with Gasteiger partial charge in [0.1, 0.15) is 11.3 Å². The summed E-state index contributed by atoms with van der Waals surface area (Å²) >= 11 is 0. The molecule has 4 heteroatoms. The van der Waals surface area contributed by atoms with Gasteiger partial charge in [0.2, 0.25) is 0 Å². The normalized spacial score (nSPS) is 11.2. The molecule has 0 spiro atoms. The van der Waals surface area contributed by atoms with Gasteiger partial charge in [0, 0.05) is 23.8 Å². The van der Waals surface area contributed by atoms with Gasteiger partial charge >= 0.3 is 0 Å². The molecule has 0 saturated heterocycles. The monoisotopic (exact) mass is 200 g/mol. The van der Waals surface area contributed by atoms with E-state index in [4.69, 9.17) is 0 Å². The second-order valence-electron chi connectivity index (χ2n) is 3.43. The zero-order chi connectivity index (χ0) is 10.4. The predicted molar refractivity (Wildman–Crippen MR) is 57.2 cm³/mol. The van der Waals surface area contributed by atoms with Gasteiger partial charge in [-0.25, -0.2) is 0 Å². The molecule has 0 saturated carbocycles. The zero-order valence-corrected chi connectivity index (χ0v) is 7.77. The van der Waals surface area contributed by atoms with E-state index in [1.807, 2.05) is 0 Å². The van der Waals surface area contributed by atoms with Crippen LogP contribution in [0.15, 0.2) is 41.5 Å². The summed E-state index contributed by atoms with van der Waals surface area (Å²) < 4.78 is 1.76. The molecule has 2 N–H and O–H groups in total. The van der Waals surface area contributed by atoms with Crippen molar-refractivity contribution in [2.24, 2.45) is 0 Å². The first-order chi connectivity index (χ1) is 7.25. The molecule has 2 aromatic heterocycles. The highest BCUT2D eigenvalue weighted by Crippen LogP contribution is 2.22. The predicted octanol–water partition coefficient (Wildman–Crippen LogP) is 1.49. The lowest BCUT2D eigenvalue weighted by Gasteiger charge is -1.96. The van der Waals surface area contributed by atoms with Crippen molar-refractivity contribution in [1.29, 1.82) is 0 Å². The third-order valence-electron chi connectivity index (χ3n) is 2.50. The molecule has 3 aromatic rings. The highest BCUT2D eigenvalue weighted by molar-refractivity contribution is 5.87. The van der Waals surface area contributed by atoms with Gasteiger partial charge in [-0.15, -0.1) is 0 Å². The molecule has 0 aliphatic carbocycles. The number of hydrogen-bond acceptors (Lipinski definition) is 2. The quantitative estimate of drug-likeness (QED) is 0.577. The van der Waals surface area contributed by atoms with Crippen LogP contribution in [0.3, 0.4) is 0 Å².